The molecule has 0 amide bonds. The third-order valence-corrected chi connectivity index (χ3v) is 6.32. The molecule has 1 aromatic heterocycles. The van der Waals surface area contributed by atoms with Gasteiger partial charge in [-0.3, -0.25) is 0 Å². The fourth-order valence-corrected chi connectivity index (χ4v) is 4.25. The highest BCUT2D eigenvalue weighted by molar-refractivity contribution is 7.91. The molecule has 1 aliphatic rings. The van der Waals surface area contributed by atoms with Gasteiger partial charge in [-0.05, 0) is 31.6 Å². The molecule has 0 radical (unpaired) electrons. The van der Waals surface area contributed by atoms with Crippen LogP contribution in [0.2, 0.25) is 0 Å². The number of hydrogen-bond donors (Lipinski definition) is 1. The first kappa shape index (κ1) is 14.4. The number of hydrogen-bond acceptors (Lipinski definition) is 4. The van der Waals surface area contributed by atoms with Crippen molar-refractivity contribution in [3.63, 3.8) is 0 Å². The lowest BCUT2D eigenvalue weighted by Gasteiger charge is -2.28. The SMILES string of the molecule is CC1(S(=O)(=O)n2ccc3cccc(C#N)c32)C=CC(N)=CC1. The molecule has 1 heterocycles. The van der Waals surface area contributed by atoms with E-state index in [1.807, 2.05) is 0 Å². The van der Waals surface area contributed by atoms with Crippen molar-refractivity contribution in [3.8, 4) is 6.07 Å². The molecular formula is C16H15N3O2S. The predicted molar refractivity (Wildman–Crippen MR) is 85.4 cm³/mol. The summed E-state index contributed by atoms with van der Waals surface area (Å²) in [5, 5.41) is 9.98. The van der Waals surface area contributed by atoms with Crippen LogP contribution in [0.1, 0.15) is 18.9 Å². The lowest BCUT2D eigenvalue weighted by Crippen LogP contribution is -2.38. The van der Waals surface area contributed by atoms with E-state index in [0.29, 0.717) is 23.2 Å². The third-order valence-electron chi connectivity index (χ3n) is 4.02. The topological polar surface area (TPSA) is 88.9 Å². The zero-order chi connectivity index (χ0) is 16.0. The van der Waals surface area contributed by atoms with E-state index in [1.165, 1.54) is 10.2 Å². The molecule has 1 atom stereocenters. The predicted octanol–water partition coefficient (Wildman–Crippen LogP) is 2.25. The molecule has 3 rings (SSSR count). The Morgan fingerprint density at radius 1 is 1.36 bits per heavy atom. The van der Waals surface area contributed by atoms with Gasteiger partial charge in [0.25, 0.3) is 0 Å². The van der Waals surface area contributed by atoms with Crippen LogP contribution in [0.15, 0.2) is 54.4 Å². The van der Waals surface area contributed by atoms with E-state index < -0.39 is 14.8 Å². The number of rotatable bonds is 2. The van der Waals surface area contributed by atoms with Gasteiger partial charge in [-0.1, -0.05) is 24.3 Å². The lowest BCUT2D eigenvalue weighted by atomic mass is 10.0. The van der Waals surface area contributed by atoms with Crippen LogP contribution in [0.25, 0.3) is 10.9 Å². The van der Waals surface area contributed by atoms with Crippen molar-refractivity contribution in [2.24, 2.45) is 5.73 Å². The van der Waals surface area contributed by atoms with Crippen LogP contribution >= 0.6 is 0 Å². The molecule has 112 valence electrons. The van der Waals surface area contributed by atoms with Gasteiger partial charge in [0, 0.05) is 17.3 Å². The fourth-order valence-electron chi connectivity index (χ4n) is 2.60. The quantitative estimate of drug-likeness (QED) is 0.921. The molecule has 1 unspecified atom stereocenters. The van der Waals surface area contributed by atoms with Crippen LogP contribution in [0.5, 0.6) is 0 Å². The Balaban J connectivity index is 2.24. The summed E-state index contributed by atoms with van der Waals surface area (Å²) in [7, 11) is -3.72. The van der Waals surface area contributed by atoms with Gasteiger partial charge in [0.1, 0.15) is 10.8 Å². The second kappa shape index (κ2) is 4.75. The molecule has 6 heteroatoms. The monoisotopic (exact) mass is 313 g/mol. The second-order valence-corrected chi connectivity index (χ2v) is 7.80. The Morgan fingerprint density at radius 3 is 2.77 bits per heavy atom. The highest BCUT2D eigenvalue weighted by atomic mass is 32.2. The van der Waals surface area contributed by atoms with Gasteiger partial charge in [-0.2, -0.15) is 5.26 Å². The molecule has 0 saturated heterocycles. The first-order valence-corrected chi connectivity index (χ1v) is 8.23. The van der Waals surface area contributed by atoms with Crippen molar-refractivity contribution < 1.29 is 8.42 Å². The zero-order valence-electron chi connectivity index (χ0n) is 12.0. The Kier molecular flexibility index (Phi) is 3.11. The second-order valence-electron chi connectivity index (χ2n) is 5.53. The molecule has 0 fully saturated rings. The zero-order valence-corrected chi connectivity index (χ0v) is 12.8. The number of benzene rings is 1. The lowest BCUT2D eigenvalue weighted by molar-refractivity contribution is 0.554. The molecule has 1 aromatic carbocycles. The number of nitriles is 1. The number of fused-ring (bicyclic) bond motifs is 1. The first-order chi connectivity index (χ1) is 10.4. The molecule has 22 heavy (non-hydrogen) atoms. The van der Waals surface area contributed by atoms with Crippen molar-refractivity contribution in [1.82, 2.24) is 3.97 Å². The number of allylic oxidation sites excluding steroid dienone is 2. The van der Waals surface area contributed by atoms with Gasteiger partial charge < -0.3 is 5.73 Å². The van der Waals surface area contributed by atoms with Crippen molar-refractivity contribution in [3.05, 3.63) is 60.0 Å². The summed E-state index contributed by atoms with van der Waals surface area (Å²) in [4.78, 5) is 0. The average molecular weight is 313 g/mol. The van der Waals surface area contributed by atoms with Crippen molar-refractivity contribution in [1.29, 1.82) is 5.26 Å². The van der Waals surface area contributed by atoms with E-state index in [0.717, 1.165) is 5.39 Å². The van der Waals surface area contributed by atoms with E-state index in [4.69, 9.17) is 5.73 Å². The number of nitrogens with zero attached hydrogens (tertiary/aromatic N) is 2. The van der Waals surface area contributed by atoms with Crippen LogP contribution in [0, 0.1) is 11.3 Å². The Morgan fingerprint density at radius 2 is 2.14 bits per heavy atom. The largest absolute Gasteiger partial charge is 0.399 e. The molecular weight excluding hydrogens is 298 g/mol. The van der Waals surface area contributed by atoms with Crippen LogP contribution in [-0.2, 0) is 10.0 Å². The fraction of sp³-hybridized carbons (Fsp3) is 0.188. The summed E-state index contributed by atoms with van der Waals surface area (Å²) in [5.41, 5.74) is 7.00. The third kappa shape index (κ3) is 1.94. The Hall–Kier alpha value is -2.52. The molecule has 5 nitrogen and oxygen atoms in total. The van der Waals surface area contributed by atoms with Gasteiger partial charge >= 0.3 is 0 Å². The number of para-hydroxylation sites is 1. The van der Waals surface area contributed by atoms with Gasteiger partial charge in [0.05, 0.1) is 11.1 Å². The van der Waals surface area contributed by atoms with Gasteiger partial charge in [0.2, 0.25) is 10.0 Å². The standard InChI is InChI=1S/C16H15N3O2S/c1-16(8-5-14(18)6-9-16)22(20,21)19-10-7-12-3-2-4-13(11-17)15(12)19/h2-8,10H,9,18H2,1H3. The van der Waals surface area contributed by atoms with Gasteiger partial charge in [-0.15, -0.1) is 0 Å². The van der Waals surface area contributed by atoms with Gasteiger partial charge in [0.15, 0.2) is 0 Å². The Bertz CT molecular complexity index is 961. The van der Waals surface area contributed by atoms with Gasteiger partial charge in [-0.25, -0.2) is 12.4 Å². The van der Waals surface area contributed by atoms with E-state index in [-0.39, 0.29) is 0 Å². The molecule has 2 aromatic rings. The molecule has 0 saturated carbocycles. The van der Waals surface area contributed by atoms with Crippen molar-refractivity contribution in [2.45, 2.75) is 18.1 Å². The highest BCUT2D eigenvalue weighted by Gasteiger charge is 2.39. The van der Waals surface area contributed by atoms with Crippen LogP contribution in [0.3, 0.4) is 0 Å². The molecule has 0 spiro atoms. The van der Waals surface area contributed by atoms with Crippen molar-refractivity contribution in [2.75, 3.05) is 0 Å². The normalized spacial score (nSPS) is 21.5. The summed E-state index contributed by atoms with van der Waals surface area (Å²) < 4.78 is 26.3. The highest BCUT2D eigenvalue weighted by Crippen LogP contribution is 2.32. The summed E-state index contributed by atoms with van der Waals surface area (Å²) in [6, 6.07) is 8.90. The van der Waals surface area contributed by atoms with Crippen molar-refractivity contribution >= 4 is 20.9 Å². The Labute approximate surface area is 129 Å². The van der Waals surface area contributed by atoms with E-state index in [2.05, 4.69) is 6.07 Å². The maximum Gasteiger partial charge on any atom is 0.248 e. The summed E-state index contributed by atoms with van der Waals surface area (Å²) in [6.45, 7) is 1.66. The summed E-state index contributed by atoms with van der Waals surface area (Å²) in [6.07, 6.45) is 6.72. The smallest absolute Gasteiger partial charge is 0.248 e. The maximum absolute atomic E-state index is 13.1. The number of nitrogens with two attached hydrogens (primary N) is 1. The summed E-state index contributed by atoms with van der Waals surface area (Å²) in [5.74, 6) is 0. The van der Waals surface area contributed by atoms with Crippen LogP contribution < -0.4 is 5.73 Å². The first-order valence-electron chi connectivity index (χ1n) is 6.79. The minimum atomic E-state index is -3.72. The van der Waals surface area contributed by atoms with E-state index in [9.17, 15) is 13.7 Å². The maximum atomic E-state index is 13.1. The molecule has 2 N–H and O–H groups in total. The average Bonchev–Trinajstić information content (AvgIpc) is 2.94. The molecule has 1 aliphatic carbocycles. The van der Waals surface area contributed by atoms with Crippen LogP contribution in [-0.4, -0.2) is 17.1 Å². The van der Waals surface area contributed by atoms with E-state index in [1.54, 1.807) is 49.4 Å². The summed E-state index contributed by atoms with van der Waals surface area (Å²) >= 11 is 0. The van der Waals surface area contributed by atoms with Crippen LogP contribution in [0.4, 0.5) is 0 Å². The minimum absolute atomic E-state index is 0.298. The molecule has 0 aliphatic heterocycles. The van der Waals surface area contributed by atoms with E-state index >= 15 is 0 Å². The minimum Gasteiger partial charge on any atom is -0.399 e. The molecule has 0 bridgehead atoms. The number of aromatic nitrogens is 1.